The second-order valence-electron chi connectivity index (χ2n) is 4.98. The number of thioether (sulfide) groups is 1. The highest BCUT2D eigenvalue weighted by Crippen LogP contribution is 2.34. The molecule has 0 saturated heterocycles. The van der Waals surface area contributed by atoms with Gasteiger partial charge in [0.25, 0.3) is 0 Å². The van der Waals surface area contributed by atoms with Crippen LogP contribution in [0.15, 0.2) is 59.3 Å². The number of anilines is 1. The van der Waals surface area contributed by atoms with Crippen LogP contribution in [0.1, 0.15) is 24.8 Å². The molecule has 0 saturated carbocycles. The molecule has 0 radical (unpaired) electrons. The summed E-state index contributed by atoms with van der Waals surface area (Å²) in [6, 6.07) is 13.2. The van der Waals surface area contributed by atoms with Crippen molar-refractivity contribution in [1.29, 1.82) is 0 Å². The summed E-state index contributed by atoms with van der Waals surface area (Å²) in [5.41, 5.74) is 1.21. The van der Waals surface area contributed by atoms with E-state index in [1.165, 1.54) is 15.5 Å². The van der Waals surface area contributed by atoms with E-state index in [1.807, 2.05) is 29.2 Å². The monoisotopic (exact) mass is 303 g/mol. The molecule has 0 amide bonds. The zero-order valence-electron chi connectivity index (χ0n) is 12.0. The maximum absolute atomic E-state index is 3.80. The lowest BCUT2D eigenvalue weighted by Crippen LogP contribution is -2.16. The van der Waals surface area contributed by atoms with Gasteiger partial charge in [-0.05, 0) is 29.5 Å². The maximum atomic E-state index is 3.80. The van der Waals surface area contributed by atoms with Crippen molar-refractivity contribution in [3.8, 4) is 0 Å². The number of rotatable bonds is 7. The minimum Gasteiger partial charge on any atom is -0.376 e. The summed E-state index contributed by atoms with van der Waals surface area (Å²) in [5.74, 6) is 1.48. The molecule has 106 valence electrons. The number of para-hydroxylation sites is 1. The Hall–Kier alpha value is -1.19. The van der Waals surface area contributed by atoms with Crippen LogP contribution in [0.5, 0.6) is 0 Å². The fourth-order valence-corrected chi connectivity index (χ4v) is 3.77. The van der Waals surface area contributed by atoms with E-state index >= 15 is 0 Å². The first-order valence-electron chi connectivity index (χ1n) is 6.85. The molecule has 1 nitrogen and oxygen atoms in total. The summed E-state index contributed by atoms with van der Waals surface area (Å²) < 4.78 is 0. The van der Waals surface area contributed by atoms with E-state index in [9.17, 15) is 0 Å². The molecule has 1 heterocycles. The average molecular weight is 303 g/mol. The van der Waals surface area contributed by atoms with Gasteiger partial charge in [-0.15, -0.1) is 29.7 Å². The topological polar surface area (TPSA) is 12.0 Å². The van der Waals surface area contributed by atoms with Crippen LogP contribution in [-0.2, 0) is 0 Å². The van der Waals surface area contributed by atoms with Gasteiger partial charge in [0, 0.05) is 21.2 Å². The Morgan fingerprint density at radius 3 is 2.70 bits per heavy atom. The molecule has 20 heavy (non-hydrogen) atoms. The third-order valence-electron chi connectivity index (χ3n) is 3.07. The van der Waals surface area contributed by atoms with Gasteiger partial charge in [-0.3, -0.25) is 0 Å². The molecular formula is C17H21NS2. The summed E-state index contributed by atoms with van der Waals surface area (Å²) in [6.45, 7) is 8.32. The normalized spacial score (nSPS) is 12.3. The lowest BCUT2D eigenvalue weighted by atomic mass is 10.0. The Labute approximate surface area is 130 Å². The van der Waals surface area contributed by atoms with Crippen molar-refractivity contribution in [3.63, 3.8) is 0 Å². The summed E-state index contributed by atoms with van der Waals surface area (Å²) >= 11 is 3.64. The molecular weight excluding hydrogens is 282 g/mol. The van der Waals surface area contributed by atoms with Crippen molar-refractivity contribution < 1.29 is 0 Å². The predicted molar refractivity (Wildman–Crippen MR) is 92.9 cm³/mol. The third kappa shape index (κ3) is 3.90. The minimum absolute atomic E-state index is 0.362. The largest absolute Gasteiger partial charge is 0.376 e. The smallest absolute Gasteiger partial charge is 0.0629 e. The van der Waals surface area contributed by atoms with Gasteiger partial charge in [0.15, 0.2) is 0 Å². The average Bonchev–Trinajstić information content (AvgIpc) is 2.97. The van der Waals surface area contributed by atoms with Crippen LogP contribution >= 0.6 is 23.1 Å². The zero-order chi connectivity index (χ0) is 14.4. The van der Waals surface area contributed by atoms with Crippen LogP contribution in [0.2, 0.25) is 0 Å². The molecule has 0 fully saturated rings. The number of hydrogen-bond donors (Lipinski definition) is 1. The van der Waals surface area contributed by atoms with Gasteiger partial charge in [-0.1, -0.05) is 38.1 Å². The summed E-state index contributed by atoms with van der Waals surface area (Å²) in [4.78, 5) is 2.68. The number of hydrogen-bond acceptors (Lipinski definition) is 3. The number of thiophene rings is 1. The van der Waals surface area contributed by atoms with Gasteiger partial charge in [-0.25, -0.2) is 0 Å². The quantitative estimate of drug-likeness (QED) is 0.510. The molecule has 0 bridgehead atoms. The third-order valence-corrected chi connectivity index (χ3v) is 5.10. The minimum atomic E-state index is 0.362. The fraction of sp³-hybridized carbons (Fsp3) is 0.294. The highest BCUT2D eigenvalue weighted by molar-refractivity contribution is 7.99. The first kappa shape index (κ1) is 15.2. The van der Waals surface area contributed by atoms with Gasteiger partial charge in [-0.2, -0.15) is 0 Å². The van der Waals surface area contributed by atoms with E-state index in [2.05, 4.69) is 67.5 Å². The number of nitrogens with one attached hydrogen (secondary N) is 1. The fourth-order valence-electron chi connectivity index (χ4n) is 2.06. The standard InChI is InChI=1S/C17H21NS2/c1-4-11-19-15-9-6-5-8-14(15)18-17(13(2)3)16-10-7-12-20-16/h4-10,12-13,17-18H,1,11H2,2-3H3. The Morgan fingerprint density at radius 1 is 1.25 bits per heavy atom. The molecule has 1 N–H and O–H groups in total. The van der Waals surface area contributed by atoms with E-state index in [-0.39, 0.29) is 0 Å². The molecule has 0 aliphatic carbocycles. The van der Waals surface area contributed by atoms with Crippen LogP contribution in [0.25, 0.3) is 0 Å². The van der Waals surface area contributed by atoms with Gasteiger partial charge in [0.2, 0.25) is 0 Å². The molecule has 1 aromatic carbocycles. The van der Waals surface area contributed by atoms with E-state index in [4.69, 9.17) is 0 Å². The van der Waals surface area contributed by atoms with Crippen molar-refractivity contribution in [2.75, 3.05) is 11.1 Å². The summed E-state index contributed by atoms with van der Waals surface area (Å²) in [5, 5.41) is 5.86. The molecule has 0 spiro atoms. The van der Waals surface area contributed by atoms with Crippen LogP contribution < -0.4 is 5.32 Å². The molecule has 2 aromatic rings. The Balaban J connectivity index is 2.20. The molecule has 0 aliphatic rings. The molecule has 1 aromatic heterocycles. The lowest BCUT2D eigenvalue weighted by molar-refractivity contribution is 0.553. The van der Waals surface area contributed by atoms with Crippen molar-refractivity contribution in [2.45, 2.75) is 24.8 Å². The van der Waals surface area contributed by atoms with E-state index < -0.39 is 0 Å². The lowest BCUT2D eigenvalue weighted by Gasteiger charge is -2.24. The van der Waals surface area contributed by atoms with Crippen LogP contribution in [0.3, 0.4) is 0 Å². The first-order chi connectivity index (χ1) is 9.72. The predicted octanol–water partition coefficient (Wildman–Crippen LogP) is 5.84. The van der Waals surface area contributed by atoms with Crippen molar-refractivity contribution in [2.24, 2.45) is 5.92 Å². The SMILES string of the molecule is C=CCSc1ccccc1NC(c1cccs1)C(C)C. The highest BCUT2D eigenvalue weighted by Gasteiger charge is 2.17. The number of benzene rings is 1. The summed E-state index contributed by atoms with van der Waals surface area (Å²) in [7, 11) is 0. The van der Waals surface area contributed by atoms with Crippen LogP contribution in [0.4, 0.5) is 5.69 Å². The molecule has 0 aliphatic heterocycles. The zero-order valence-corrected chi connectivity index (χ0v) is 13.6. The Bertz CT molecular complexity index is 532. The van der Waals surface area contributed by atoms with E-state index in [0.29, 0.717) is 12.0 Å². The molecule has 1 unspecified atom stereocenters. The molecule has 1 atom stereocenters. The molecule has 2 rings (SSSR count). The van der Waals surface area contributed by atoms with Gasteiger partial charge in [0.1, 0.15) is 0 Å². The second kappa shape index (κ2) is 7.55. The Morgan fingerprint density at radius 2 is 2.05 bits per heavy atom. The van der Waals surface area contributed by atoms with Crippen LogP contribution in [0, 0.1) is 5.92 Å². The Kier molecular flexibility index (Phi) is 5.74. The first-order valence-corrected chi connectivity index (χ1v) is 8.71. The van der Waals surface area contributed by atoms with Gasteiger partial charge in [0.05, 0.1) is 6.04 Å². The molecule has 3 heteroatoms. The van der Waals surface area contributed by atoms with Gasteiger partial charge < -0.3 is 5.32 Å². The van der Waals surface area contributed by atoms with E-state index in [1.54, 1.807) is 0 Å². The second-order valence-corrected chi connectivity index (χ2v) is 7.02. The van der Waals surface area contributed by atoms with Crippen LogP contribution in [-0.4, -0.2) is 5.75 Å². The van der Waals surface area contributed by atoms with Gasteiger partial charge >= 0.3 is 0 Å². The van der Waals surface area contributed by atoms with E-state index in [0.717, 1.165) is 5.75 Å². The van der Waals surface area contributed by atoms with Crippen molar-refractivity contribution in [3.05, 3.63) is 59.3 Å². The maximum Gasteiger partial charge on any atom is 0.0629 e. The van der Waals surface area contributed by atoms with Crippen molar-refractivity contribution in [1.82, 2.24) is 0 Å². The summed E-state index contributed by atoms with van der Waals surface area (Å²) in [6.07, 6.45) is 1.95. The van der Waals surface area contributed by atoms with Crippen molar-refractivity contribution >= 4 is 28.8 Å². The highest BCUT2D eigenvalue weighted by atomic mass is 32.2.